The highest BCUT2D eigenvalue weighted by Crippen LogP contribution is 2.45. The van der Waals surface area contributed by atoms with Crippen LogP contribution in [-0.4, -0.2) is 45.4 Å². The Kier molecular flexibility index (Phi) is 8.85. The number of hydrogen-bond donors (Lipinski definition) is 0. The SMILES string of the molecule is O=C(c1ccc(Cl)cc1)[C@@H](CCCl)N(C(=O)c1ccccc1Cl)N1C(=O)c2c(Cl)c(Cl)c(Cl)c(Cl)c2C1=O. The zero-order valence-corrected chi connectivity index (χ0v) is 24.1. The van der Waals surface area contributed by atoms with Gasteiger partial charge in [0, 0.05) is 16.5 Å². The number of Topliss-reactive ketones (excluding diaryl/α,β-unsaturated/α-hetero) is 1. The van der Waals surface area contributed by atoms with E-state index in [0.717, 1.165) is 5.01 Å². The van der Waals surface area contributed by atoms with Gasteiger partial charge in [-0.1, -0.05) is 81.7 Å². The van der Waals surface area contributed by atoms with Crippen LogP contribution in [-0.2, 0) is 0 Å². The Morgan fingerprint density at radius 2 is 1.29 bits per heavy atom. The highest BCUT2D eigenvalue weighted by atomic mass is 35.5. The molecule has 38 heavy (non-hydrogen) atoms. The average molecular weight is 654 g/mol. The number of carbonyl (C=O) groups is 4. The minimum atomic E-state index is -1.43. The Balaban J connectivity index is 1.94. The predicted octanol–water partition coefficient (Wildman–Crippen LogP) is 8.14. The molecule has 3 aromatic rings. The van der Waals surface area contributed by atoms with Crippen LogP contribution >= 0.6 is 81.2 Å². The molecule has 0 saturated carbocycles. The van der Waals surface area contributed by atoms with E-state index in [-0.39, 0.29) is 59.7 Å². The smallest absolute Gasteiger partial charge is 0.282 e. The molecule has 0 aliphatic carbocycles. The summed E-state index contributed by atoms with van der Waals surface area (Å²) in [6, 6.07) is 10.4. The van der Waals surface area contributed by atoms with Gasteiger partial charge in [0.25, 0.3) is 17.7 Å². The number of amides is 3. The first-order valence-corrected chi connectivity index (χ1v) is 13.5. The fourth-order valence-electron chi connectivity index (χ4n) is 3.94. The van der Waals surface area contributed by atoms with E-state index in [1.807, 2.05) is 0 Å². The fraction of sp³-hybridized carbons (Fsp3) is 0.120. The Morgan fingerprint density at radius 3 is 1.79 bits per heavy atom. The van der Waals surface area contributed by atoms with E-state index < -0.39 is 29.5 Å². The Labute approximate surface area is 251 Å². The molecular weight excluding hydrogens is 640 g/mol. The molecule has 0 unspecified atom stereocenters. The highest BCUT2D eigenvalue weighted by Gasteiger charge is 2.49. The molecule has 1 aliphatic rings. The summed E-state index contributed by atoms with van der Waals surface area (Å²) in [6.07, 6.45) is -0.143. The van der Waals surface area contributed by atoms with E-state index in [0.29, 0.717) is 10.0 Å². The molecule has 0 radical (unpaired) electrons. The van der Waals surface area contributed by atoms with Crippen LogP contribution < -0.4 is 0 Å². The normalized spacial score (nSPS) is 13.5. The lowest BCUT2D eigenvalue weighted by Gasteiger charge is -2.36. The van der Waals surface area contributed by atoms with Crippen molar-refractivity contribution in [3.05, 3.63) is 101 Å². The first-order chi connectivity index (χ1) is 18.0. The summed E-state index contributed by atoms with van der Waals surface area (Å²) in [4.78, 5) is 55.1. The molecule has 4 rings (SSSR count). The quantitative estimate of drug-likeness (QED) is 0.0849. The van der Waals surface area contributed by atoms with Gasteiger partial charge in [-0.15, -0.1) is 11.6 Å². The number of halogens is 7. The lowest BCUT2D eigenvalue weighted by atomic mass is 10.0. The lowest BCUT2D eigenvalue weighted by molar-refractivity contribution is -0.00959. The minimum Gasteiger partial charge on any atom is -0.292 e. The van der Waals surface area contributed by atoms with Gasteiger partial charge >= 0.3 is 0 Å². The summed E-state index contributed by atoms with van der Waals surface area (Å²) in [6.45, 7) is 0. The second-order valence-corrected chi connectivity index (χ2v) is 10.7. The molecule has 0 saturated heterocycles. The molecule has 0 fully saturated rings. The van der Waals surface area contributed by atoms with Gasteiger partial charge < -0.3 is 0 Å². The molecule has 1 aliphatic heterocycles. The maximum absolute atomic E-state index is 14.0. The van der Waals surface area contributed by atoms with Crippen molar-refractivity contribution in [1.82, 2.24) is 10.0 Å². The lowest BCUT2D eigenvalue weighted by Crippen LogP contribution is -2.57. The first kappa shape index (κ1) is 29.0. The summed E-state index contributed by atoms with van der Waals surface area (Å²) < 4.78 is 0. The van der Waals surface area contributed by atoms with Gasteiger partial charge in [-0.2, -0.15) is 5.01 Å². The van der Waals surface area contributed by atoms with Crippen LogP contribution in [0.5, 0.6) is 0 Å². The summed E-state index contributed by atoms with van der Waals surface area (Å²) in [7, 11) is 0. The molecule has 6 nitrogen and oxygen atoms in total. The van der Waals surface area contributed by atoms with Crippen molar-refractivity contribution in [2.75, 3.05) is 5.88 Å². The molecule has 1 heterocycles. The van der Waals surface area contributed by atoms with Gasteiger partial charge in [0.05, 0.1) is 41.8 Å². The van der Waals surface area contributed by atoms with Gasteiger partial charge in [-0.3, -0.25) is 19.2 Å². The molecule has 1 atom stereocenters. The number of hydrogen-bond acceptors (Lipinski definition) is 4. The third-order valence-corrected chi connectivity index (χ3v) is 8.32. The monoisotopic (exact) mass is 650 g/mol. The summed E-state index contributed by atoms with van der Waals surface area (Å²) in [5.74, 6) is -3.74. The van der Waals surface area contributed by atoms with E-state index in [9.17, 15) is 19.2 Å². The Morgan fingerprint density at radius 1 is 0.763 bits per heavy atom. The van der Waals surface area contributed by atoms with Crippen LogP contribution in [0.4, 0.5) is 0 Å². The van der Waals surface area contributed by atoms with Gasteiger partial charge in [0.15, 0.2) is 5.78 Å². The molecule has 0 spiro atoms. The van der Waals surface area contributed by atoms with E-state index in [1.165, 1.54) is 42.5 Å². The number of alkyl halides is 1. The Bertz CT molecular complexity index is 1450. The van der Waals surface area contributed by atoms with Crippen molar-refractivity contribution in [2.45, 2.75) is 12.5 Å². The zero-order valence-electron chi connectivity index (χ0n) is 18.8. The van der Waals surface area contributed by atoms with Crippen LogP contribution in [0.3, 0.4) is 0 Å². The average Bonchev–Trinajstić information content (AvgIpc) is 3.16. The number of fused-ring (bicyclic) bond motifs is 1. The molecule has 13 heteroatoms. The maximum Gasteiger partial charge on any atom is 0.282 e. The van der Waals surface area contributed by atoms with Gasteiger partial charge in [0.2, 0.25) is 0 Å². The van der Waals surface area contributed by atoms with E-state index in [2.05, 4.69) is 0 Å². The van der Waals surface area contributed by atoms with E-state index in [4.69, 9.17) is 81.2 Å². The number of benzene rings is 3. The van der Waals surface area contributed by atoms with Crippen LogP contribution in [0, 0.1) is 0 Å². The van der Waals surface area contributed by atoms with Crippen LogP contribution in [0.1, 0.15) is 47.9 Å². The number of rotatable bonds is 7. The van der Waals surface area contributed by atoms with Gasteiger partial charge in [0.1, 0.15) is 6.04 Å². The van der Waals surface area contributed by atoms with Crippen molar-refractivity contribution in [1.29, 1.82) is 0 Å². The van der Waals surface area contributed by atoms with Crippen LogP contribution in [0.25, 0.3) is 0 Å². The predicted molar refractivity (Wildman–Crippen MR) is 150 cm³/mol. The fourth-order valence-corrected chi connectivity index (χ4v) is 5.50. The molecule has 3 aromatic carbocycles. The van der Waals surface area contributed by atoms with E-state index in [1.54, 1.807) is 6.07 Å². The van der Waals surface area contributed by atoms with Crippen LogP contribution in [0.2, 0.25) is 30.1 Å². The van der Waals surface area contributed by atoms with Crippen LogP contribution in [0.15, 0.2) is 48.5 Å². The summed E-state index contributed by atoms with van der Waals surface area (Å²) >= 11 is 43.1. The Hall–Kier alpha value is -2.03. The zero-order chi connectivity index (χ0) is 27.9. The number of ketones is 1. The number of nitrogens with zero attached hydrogens (tertiary/aromatic N) is 2. The minimum absolute atomic E-state index is 0.0184. The van der Waals surface area contributed by atoms with Crippen molar-refractivity contribution in [2.24, 2.45) is 0 Å². The molecule has 0 aromatic heterocycles. The number of carbonyl (C=O) groups excluding carboxylic acids is 4. The highest BCUT2D eigenvalue weighted by molar-refractivity contribution is 6.55. The van der Waals surface area contributed by atoms with Gasteiger partial charge in [-0.25, -0.2) is 5.01 Å². The standard InChI is InChI=1S/C25H13Cl7N2O4/c26-10-9-15(22(35)11-5-7-12(27)8-6-11)33(23(36)13-3-1-2-4-14(13)28)34-24(37)16-17(25(34)38)19(30)21(32)20(31)18(16)29/h1-8,15H,9-10H2/t15-/m1/s1. The number of hydrazine groups is 1. The van der Waals surface area contributed by atoms with E-state index >= 15 is 0 Å². The molecule has 0 N–H and O–H groups in total. The number of imide groups is 1. The second kappa shape index (κ2) is 11.6. The third-order valence-electron chi connectivity index (χ3n) is 5.72. The topological polar surface area (TPSA) is 74.8 Å². The third kappa shape index (κ3) is 5.00. The second-order valence-electron chi connectivity index (χ2n) is 7.92. The summed E-state index contributed by atoms with van der Waals surface area (Å²) in [5.41, 5.74) is -0.657. The van der Waals surface area contributed by atoms with Gasteiger partial charge in [-0.05, 0) is 42.8 Å². The van der Waals surface area contributed by atoms with Crippen molar-refractivity contribution < 1.29 is 19.2 Å². The molecule has 0 bridgehead atoms. The summed E-state index contributed by atoms with van der Waals surface area (Å²) in [5, 5.41) is 0.436. The molecule has 3 amide bonds. The largest absolute Gasteiger partial charge is 0.292 e. The molecule has 196 valence electrons. The van der Waals surface area contributed by atoms with Crippen molar-refractivity contribution in [3.8, 4) is 0 Å². The molecular formula is C25H13Cl7N2O4. The van der Waals surface area contributed by atoms with Crippen molar-refractivity contribution in [3.63, 3.8) is 0 Å². The van der Waals surface area contributed by atoms with Crippen molar-refractivity contribution >= 4 is 105 Å². The first-order valence-electron chi connectivity index (χ1n) is 10.7. The maximum atomic E-state index is 14.0.